The molecule has 2 atom stereocenters. The quantitative estimate of drug-likeness (QED) is 0.664. The summed E-state index contributed by atoms with van der Waals surface area (Å²) in [6.07, 6.45) is 4.82. The Balaban J connectivity index is 2.45. The molecule has 1 rings (SSSR count). The van der Waals surface area contributed by atoms with Crippen LogP contribution in [0.1, 0.15) is 46.0 Å². The van der Waals surface area contributed by atoms with Crippen molar-refractivity contribution in [2.24, 2.45) is 11.7 Å². The summed E-state index contributed by atoms with van der Waals surface area (Å²) < 4.78 is 0. The highest BCUT2D eigenvalue weighted by Gasteiger charge is 2.33. The zero-order valence-corrected chi connectivity index (χ0v) is 8.21. The van der Waals surface area contributed by atoms with Crippen molar-refractivity contribution in [1.82, 2.24) is 0 Å². The lowest BCUT2D eigenvalue weighted by Gasteiger charge is -2.36. The smallest absolute Gasteiger partial charge is 0.0665 e. The number of nitrogens with two attached hydrogens (primary N) is 1. The minimum atomic E-state index is -0.453. The van der Waals surface area contributed by atoms with Crippen molar-refractivity contribution in [3.63, 3.8) is 0 Å². The van der Waals surface area contributed by atoms with Crippen LogP contribution < -0.4 is 5.73 Å². The molecule has 1 aliphatic carbocycles. The van der Waals surface area contributed by atoms with Crippen LogP contribution in [0, 0.1) is 5.92 Å². The van der Waals surface area contributed by atoms with Gasteiger partial charge in [0.2, 0.25) is 0 Å². The number of rotatable bonds is 2. The van der Waals surface area contributed by atoms with E-state index in [0.717, 1.165) is 32.1 Å². The molecule has 72 valence electrons. The van der Waals surface area contributed by atoms with E-state index >= 15 is 0 Å². The normalized spacial score (nSPS) is 37.2. The molecule has 0 saturated heterocycles. The Morgan fingerprint density at radius 1 is 1.58 bits per heavy atom. The monoisotopic (exact) mass is 171 g/mol. The third kappa shape index (κ3) is 2.76. The SMILES string of the molecule is CC(C)CC1(O)CCCC(N)C1. The molecule has 1 fully saturated rings. The van der Waals surface area contributed by atoms with E-state index in [2.05, 4.69) is 13.8 Å². The highest BCUT2D eigenvalue weighted by molar-refractivity contribution is 4.88. The molecule has 0 aromatic rings. The average molecular weight is 171 g/mol. The molecule has 2 nitrogen and oxygen atoms in total. The van der Waals surface area contributed by atoms with Crippen LogP contribution in [0.25, 0.3) is 0 Å². The van der Waals surface area contributed by atoms with Crippen LogP contribution >= 0.6 is 0 Å². The summed E-state index contributed by atoms with van der Waals surface area (Å²) in [5.74, 6) is 0.570. The number of hydrogen-bond donors (Lipinski definition) is 2. The molecule has 0 aromatic carbocycles. The molecule has 0 bridgehead atoms. The van der Waals surface area contributed by atoms with Crippen LogP contribution in [-0.4, -0.2) is 16.7 Å². The molecule has 0 radical (unpaired) electrons. The van der Waals surface area contributed by atoms with Crippen LogP contribution in [0.2, 0.25) is 0 Å². The summed E-state index contributed by atoms with van der Waals surface area (Å²) >= 11 is 0. The fourth-order valence-corrected chi connectivity index (χ4v) is 2.33. The van der Waals surface area contributed by atoms with Crippen LogP contribution in [0.15, 0.2) is 0 Å². The highest BCUT2D eigenvalue weighted by Crippen LogP contribution is 2.32. The summed E-state index contributed by atoms with van der Waals surface area (Å²) in [5, 5.41) is 10.1. The Morgan fingerprint density at radius 3 is 2.75 bits per heavy atom. The van der Waals surface area contributed by atoms with Crippen molar-refractivity contribution < 1.29 is 5.11 Å². The average Bonchev–Trinajstić information content (AvgIpc) is 1.82. The standard InChI is InChI=1S/C10H21NO/c1-8(2)6-10(12)5-3-4-9(11)7-10/h8-9,12H,3-7,11H2,1-2H3. The van der Waals surface area contributed by atoms with E-state index in [-0.39, 0.29) is 6.04 Å². The highest BCUT2D eigenvalue weighted by atomic mass is 16.3. The van der Waals surface area contributed by atoms with E-state index in [1.807, 2.05) is 0 Å². The molecule has 0 amide bonds. The first-order valence-corrected chi connectivity index (χ1v) is 5.00. The summed E-state index contributed by atoms with van der Waals surface area (Å²) in [6, 6.07) is 0.225. The van der Waals surface area contributed by atoms with Gasteiger partial charge in [0, 0.05) is 6.04 Å². The second kappa shape index (κ2) is 3.75. The van der Waals surface area contributed by atoms with Gasteiger partial charge in [0.1, 0.15) is 0 Å². The van der Waals surface area contributed by atoms with Gasteiger partial charge in [-0.3, -0.25) is 0 Å². The molecule has 3 N–H and O–H groups in total. The molecule has 0 heterocycles. The third-order valence-electron chi connectivity index (χ3n) is 2.65. The summed E-state index contributed by atoms with van der Waals surface area (Å²) in [6.45, 7) is 4.30. The second-order valence-corrected chi connectivity index (χ2v) is 4.68. The van der Waals surface area contributed by atoms with Gasteiger partial charge in [-0.25, -0.2) is 0 Å². The first-order chi connectivity index (χ1) is 5.52. The fraction of sp³-hybridized carbons (Fsp3) is 1.00. The van der Waals surface area contributed by atoms with E-state index in [1.165, 1.54) is 0 Å². The van der Waals surface area contributed by atoms with Gasteiger partial charge in [-0.15, -0.1) is 0 Å². The van der Waals surface area contributed by atoms with Gasteiger partial charge in [-0.1, -0.05) is 13.8 Å². The molecule has 1 saturated carbocycles. The lowest BCUT2D eigenvalue weighted by molar-refractivity contribution is -0.0197. The van der Waals surface area contributed by atoms with Crippen molar-refractivity contribution in [3.8, 4) is 0 Å². The van der Waals surface area contributed by atoms with Crippen molar-refractivity contribution in [2.45, 2.75) is 57.6 Å². The Kier molecular flexibility index (Phi) is 3.13. The summed E-state index contributed by atoms with van der Waals surface area (Å²) in [5.41, 5.74) is 5.37. The maximum atomic E-state index is 10.1. The van der Waals surface area contributed by atoms with Crippen LogP contribution in [0.3, 0.4) is 0 Å². The lowest BCUT2D eigenvalue weighted by Crippen LogP contribution is -2.41. The molecule has 1 aliphatic rings. The van der Waals surface area contributed by atoms with E-state index in [4.69, 9.17) is 5.73 Å². The van der Waals surface area contributed by atoms with E-state index < -0.39 is 5.60 Å². The summed E-state index contributed by atoms with van der Waals surface area (Å²) in [4.78, 5) is 0. The molecular formula is C10H21NO. The van der Waals surface area contributed by atoms with Gasteiger partial charge in [0.05, 0.1) is 5.60 Å². The summed E-state index contributed by atoms with van der Waals surface area (Å²) in [7, 11) is 0. The maximum absolute atomic E-state index is 10.1. The predicted octanol–water partition coefficient (Wildman–Crippen LogP) is 1.66. The molecule has 0 aromatic heterocycles. The van der Waals surface area contributed by atoms with Gasteiger partial charge in [0.25, 0.3) is 0 Å². The first kappa shape index (κ1) is 10.0. The molecule has 0 aliphatic heterocycles. The zero-order chi connectivity index (χ0) is 9.19. The minimum absolute atomic E-state index is 0.225. The van der Waals surface area contributed by atoms with Crippen molar-refractivity contribution in [3.05, 3.63) is 0 Å². The van der Waals surface area contributed by atoms with Crippen molar-refractivity contribution in [1.29, 1.82) is 0 Å². The fourth-order valence-electron chi connectivity index (χ4n) is 2.33. The van der Waals surface area contributed by atoms with E-state index in [0.29, 0.717) is 5.92 Å². The Hall–Kier alpha value is -0.0800. The van der Waals surface area contributed by atoms with E-state index in [9.17, 15) is 5.11 Å². The Labute approximate surface area is 75.2 Å². The third-order valence-corrected chi connectivity index (χ3v) is 2.65. The van der Waals surface area contributed by atoms with Crippen LogP contribution in [-0.2, 0) is 0 Å². The Morgan fingerprint density at radius 2 is 2.25 bits per heavy atom. The minimum Gasteiger partial charge on any atom is -0.390 e. The molecular weight excluding hydrogens is 150 g/mol. The topological polar surface area (TPSA) is 46.2 Å². The van der Waals surface area contributed by atoms with Gasteiger partial charge in [-0.05, 0) is 38.0 Å². The Bertz CT molecular complexity index is 143. The van der Waals surface area contributed by atoms with Gasteiger partial charge in [0.15, 0.2) is 0 Å². The number of hydrogen-bond acceptors (Lipinski definition) is 2. The zero-order valence-electron chi connectivity index (χ0n) is 8.21. The predicted molar refractivity (Wildman–Crippen MR) is 50.8 cm³/mol. The number of aliphatic hydroxyl groups is 1. The lowest BCUT2D eigenvalue weighted by atomic mass is 9.77. The molecule has 2 heteroatoms. The van der Waals surface area contributed by atoms with Crippen LogP contribution in [0.5, 0.6) is 0 Å². The largest absolute Gasteiger partial charge is 0.390 e. The van der Waals surface area contributed by atoms with Crippen molar-refractivity contribution >= 4 is 0 Å². The molecule has 0 spiro atoms. The van der Waals surface area contributed by atoms with Gasteiger partial charge in [-0.2, -0.15) is 0 Å². The van der Waals surface area contributed by atoms with Gasteiger partial charge >= 0.3 is 0 Å². The molecule has 12 heavy (non-hydrogen) atoms. The van der Waals surface area contributed by atoms with Crippen molar-refractivity contribution in [2.75, 3.05) is 0 Å². The maximum Gasteiger partial charge on any atom is 0.0665 e. The molecule has 2 unspecified atom stereocenters. The first-order valence-electron chi connectivity index (χ1n) is 5.00. The van der Waals surface area contributed by atoms with Crippen LogP contribution in [0.4, 0.5) is 0 Å². The van der Waals surface area contributed by atoms with E-state index in [1.54, 1.807) is 0 Å². The second-order valence-electron chi connectivity index (χ2n) is 4.68. The van der Waals surface area contributed by atoms with Gasteiger partial charge < -0.3 is 10.8 Å².